The molecule has 0 aliphatic rings. The molecule has 4 heteroatoms. The number of carbonyl (C=O) groups is 1. The van der Waals surface area contributed by atoms with Gasteiger partial charge in [0.15, 0.2) is 0 Å². The van der Waals surface area contributed by atoms with Crippen molar-refractivity contribution in [2.45, 2.75) is 219 Å². The van der Waals surface area contributed by atoms with Crippen LogP contribution in [0.2, 0.25) is 0 Å². The zero-order valence-corrected chi connectivity index (χ0v) is 35.7. The quantitative estimate of drug-likeness (QED) is 0.0383. The fourth-order valence-electron chi connectivity index (χ4n) is 6.41. The smallest absolute Gasteiger partial charge is 0.306 e. The largest absolute Gasteiger partial charge is 0.457 e. The third-order valence-corrected chi connectivity index (χ3v) is 9.81. The summed E-state index contributed by atoms with van der Waals surface area (Å²) < 4.78 is 11.1. The van der Waals surface area contributed by atoms with E-state index in [9.17, 15) is 9.90 Å². The Balaban J connectivity index is 3.50. The fourth-order valence-corrected chi connectivity index (χ4v) is 6.41. The first-order chi connectivity index (χ1) is 26.7. The predicted octanol–water partition coefficient (Wildman–Crippen LogP) is 15.4. The predicted molar refractivity (Wildman–Crippen MR) is 237 cm³/mol. The lowest BCUT2D eigenvalue weighted by Crippen LogP contribution is -2.27. The highest BCUT2D eigenvalue weighted by Crippen LogP contribution is 2.15. The number of ether oxygens (including phenoxy) is 2. The van der Waals surface area contributed by atoms with Crippen LogP contribution in [-0.2, 0) is 14.3 Å². The number of carbonyl (C=O) groups excluding carboxylic acids is 1. The van der Waals surface area contributed by atoms with Crippen LogP contribution in [0, 0.1) is 0 Å². The lowest BCUT2D eigenvalue weighted by atomic mass is 10.0. The summed E-state index contributed by atoms with van der Waals surface area (Å²) in [7, 11) is 0. The number of aliphatic hydroxyl groups excluding tert-OH is 1. The Hall–Kier alpha value is -2.17. The van der Waals surface area contributed by atoms with Crippen LogP contribution < -0.4 is 0 Å². The summed E-state index contributed by atoms with van der Waals surface area (Å²) in [5.74, 6) is -0.281. The Morgan fingerprint density at radius 3 is 1.15 bits per heavy atom. The maximum absolute atomic E-state index is 12.2. The highest BCUT2D eigenvalue weighted by molar-refractivity contribution is 5.69. The second-order valence-electron chi connectivity index (χ2n) is 15.1. The summed E-state index contributed by atoms with van der Waals surface area (Å²) >= 11 is 0. The Labute approximate surface area is 336 Å². The van der Waals surface area contributed by atoms with Gasteiger partial charge in [0.2, 0.25) is 0 Å². The molecular weight excluding hydrogens is 665 g/mol. The Morgan fingerprint density at radius 2 is 0.796 bits per heavy atom. The van der Waals surface area contributed by atoms with Gasteiger partial charge in [-0.15, -0.1) is 0 Å². The number of esters is 1. The van der Waals surface area contributed by atoms with Gasteiger partial charge in [-0.05, 0) is 51.4 Å². The molecule has 0 aliphatic carbocycles. The first kappa shape index (κ1) is 51.8. The van der Waals surface area contributed by atoms with E-state index in [1.54, 1.807) is 0 Å². The maximum Gasteiger partial charge on any atom is 0.306 e. The number of hydrogen-bond acceptors (Lipinski definition) is 4. The van der Waals surface area contributed by atoms with Crippen molar-refractivity contribution in [2.24, 2.45) is 0 Å². The zero-order valence-electron chi connectivity index (χ0n) is 35.7. The number of allylic oxidation sites excluding steroid dienone is 12. The molecule has 0 radical (unpaired) electrons. The van der Waals surface area contributed by atoms with E-state index >= 15 is 0 Å². The lowest BCUT2D eigenvalue weighted by molar-refractivity contribution is -0.154. The molecule has 1 atom stereocenters. The molecule has 0 spiro atoms. The first-order valence-electron chi connectivity index (χ1n) is 23.0. The maximum atomic E-state index is 12.2. The zero-order chi connectivity index (χ0) is 39.1. The molecule has 0 saturated heterocycles. The summed E-state index contributed by atoms with van der Waals surface area (Å²) in [5.41, 5.74) is 0. The molecule has 0 rings (SSSR count). The lowest BCUT2D eigenvalue weighted by Gasteiger charge is -2.15. The van der Waals surface area contributed by atoms with E-state index < -0.39 is 6.10 Å². The summed E-state index contributed by atoms with van der Waals surface area (Å²) in [6.07, 6.45) is 64.2. The van der Waals surface area contributed by atoms with E-state index in [0.717, 1.165) is 44.9 Å². The molecule has 312 valence electrons. The molecule has 0 heterocycles. The van der Waals surface area contributed by atoms with Crippen LogP contribution in [0.1, 0.15) is 213 Å². The van der Waals surface area contributed by atoms with Gasteiger partial charge >= 0.3 is 5.97 Å². The normalized spacial score (nSPS) is 13.0. The van der Waals surface area contributed by atoms with Crippen LogP contribution in [0.5, 0.6) is 0 Å². The topological polar surface area (TPSA) is 55.8 Å². The summed E-state index contributed by atoms with van der Waals surface area (Å²) in [5, 5.41) is 9.61. The van der Waals surface area contributed by atoms with Crippen molar-refractivity contribution < 1.29 is 19.4 Å². The van der Waals surface area contributed by atoms with Crippen LogP contribution in [0.4, 0.5) is 0 Å². The summed E-state index contributed by atoms with van der Waals surface area (Å²) in [6, 6.07) is 0. The van der Waals surface area contributed by atoms with E-state index in [0.29, 0.717) is 19.4 Å². The molecule has 1 N–H and O–H groups in total. The highest BCUT2D eigenvalue weighted by atomic mass is 16.6. The minimum absolute atomic E-state index is 0.203. The Morgan fingerprint density at radius 1 is 0.463 bits per heavy atom. The van der Waals surface area contributed by atoms with Gasteiger partial charge in [0.05, 0.1) is 13.2 Å². The number of hydrogen-bond donors (Lipinski definition) is 1. The van der Waals surface area contributed by atoms with Gasteiger partial charge in [-0.25, -0.2) is 0 Å². The minimum Gasteiger partial charge on any atom is -0.457 e. The molecule has 0 aliphatic heterocycles. The SMILES string of the molecule is CC/C=C\C/C=C\C/C=C\C/C=C\C/C=C\C/C=C\CCC(=O)OC(CO)COCCCCCCCCCCCCCCCCCCCCCCCCC. The van der Waals surface area contributed by atoms with Crippen molar-refractivity contribution in [1.82, 2.24) is 0 Å². The molecule has 0 aromatic carbocycles. The van der Waals surface area contributed by atoms with Gasteiger partial charge < -0.3 is 14.6 Å². The van der Waals surface area contributed by atoms with Gasteiger partial charge in [-0.1, -0.05) is 228 Å². The molecule has 0 bridgehead atoms. The van der Waals surface area contributed by atoms with Gasteiger partial charge in [-0.3, -0.25) is 4.79 Å². The molecular formula is C50H88O4. The van der Waals surface area contributed by atoms with Gasteiger partial charge in [0, 0.05) is 13.0 Å². The number of rotatable bonds is 42. The van der Waals surface area contributed by atoms with Gasteiger partial charge in [0.1, 0.15) is 6.10 Å². The fraction of sp³-hybridized carbons (Fsp3) is 0.740. The number of aliphatic hydroxyl groups is 1. The average Bonchev–Trinajstić information content (AvgIpc) is 3.18. The highest BCUT2D eigenvalue weighted by Gasteiger charge is 2.13. The summed E-state index contributed by atoms with van der Waals surface area (Å²) in [4.78, 5) is 12.2. The number of unbranched alkanes of at least 4 members (excludes halogenated alkanes) is 22. The van der Waals surface area contributed by atoms with Gasteiger partial charge in [0.25, 0.3) is 0 Å². The van der Waals surface area contributed by atoms with Crippen molar-refractivity contribution >= 4 is 5.97 Å². The molecule has 4 nitrogen and oxygen atoms in total. The molecule has 0 aromatic rings. The second-order valence-corrected chi connectivity index (χ2v) is 15.1. The van der Waals surface area contributed by atoms with E-state index in [4.69, 9.17) is 9.47 Å². The van der Waals surface area contributed by atoms with Crippen molar-refractivity contribution in [3.8, 4) is 0 Å². The Bertz CT molecular complexity index is 927. The van der Waals surface area contributed by atoms with Crippen LogP contribution in [0.3, 0.4) is 0 Å². The Kier molecular flexibility index (Phi) is 45.1. The van der Waals surface area contributed by atoms with E-state index in [2.05, 4.69) is 80.7 Å². The van der Waals surface area contributed by atoms with Crippen LogP contribution in [0.25, 0.3) is 0 Å². The van der Waals surface area contributed by atoms with E-state index in [1.165, 1.54) is 141 Å². The standard InChI is InChI=1S/C50H88O4/c1-3-5-7-9-11-13-15-17-19-21-23-24-25-26-28-30-32-34-36-38-40-42-44-46-53-48-49(47-51)54-50(52)45-43-41-39-37-35-33-31-29-27-22-20-18-16-14-12-10-8-6-4-2/h6,8,12,14,18,20,27,29,33,35,39,41,49,51H,3-5,7,9-11,13,15-17,19,21-26,28,30-32,34,36-38,40,42-48H2,1-2H3/b8-6-,14-12-,20-18-,29-27-,35-33-,41-39-. The van der Waals surface area contributed by atoms with Crippen LogP contribution in [-0.4, -0.2) is 37.0 Å². The van der Waals surface area contributed by atoms with E-state index in [1.807, 2.05) is 6.08 Å². The molecule has 0 amide bonds. The van der Waals surface area contributed by atoms with E-state index in [-0.39, 0.29) is 19.2 Å². The van der Waals surface area contributed by atoms with Crippen molar-refractivity contribution in [3.05, 3.63) is 72.9 Å². The summed E-state index contributed by atoms with van der Waals surface area (Å²) in [6.45, 7) is 5.17. The monoisotopic (exact) mass is 753 g/mol. The van der Waals surface area contributed by atoms with Crippen LogP contribution >= 0.6 is 0 Å². The van der Waals surface area contributed by atoms with Crippen molar-refractivity contribution in [1.29, 1.82) is 0 Å². The molecule has 0 fully saturated rings. The minimum atomic E-state index is -0.577. The molecule has 0 saturated carbocycles. The van der Waals surface area contributed by atoms with Crippen LogP contribution in [0.15, 0.2) is 72.9 Å². The van der Waals surface area contributed by atoms with Crippen molar-refractivity contribution in [2.75, 3.05) is 19.8 Å². The van der Waals surface area contributed by atoms with Crippen molar-refractivity contribution in [3.63, 3.8) is 0 Å². The third kappa shape index (κ3) is 44.2. The first-order valence-corrected chi connectivity index (χ1v) is 23.0. The molecule has 1 unspecified atom stereocenters. The molecule has 0 aromatic heterocycles. The second kappa shape index (κ2) is 47.0. The van der Waals surface area contributed by atoms with Gasteiger partial charge in [-0.2, -0.15) is 0 Å². The third-order valence-electron chi connectivity index (χ3n) is 9.81. The average molecular weight is 753 g/mol. The molecule has 54 heavy (non-hydrogen) atoms.